The number of hydrogen-bond donors (Lipinski definition) is 1. The topological polar surface area (TPSA) is 32.7 Å². The molecule has 3 heteroatoms. The molecule has 0 aromatic rings. The Kier molecular flexibility index (Phi) is 4.99. The molecule has 1 saturated heterocycles. The highest BCUT2D eigenvalue weighted by molar-refractivity contribution is 5.01. The maximum absolute atomic E-state index is 10.2. The lowest BCUT2D eigenvalue weighted by molar-refractivity contribution is -0.0742. The first-order valence-corrected chi connectivity index (χ1v) is 10.2. The fourth-order valence-electron chi connectivity index (χ4n) is 6.60. The van der Waals surface area contributed by atoms with E-state index < -0.39 is 0 Å². The summed E-state index contributed by atoms with van der Waals surface area (Å²) in [6.07, 6.45) is 13.9. The zero-order chi connectivity index (χ0) is 15.7. The first-order chi connectivity index (χ1) is 11.2. The van der Waals surface area contributed by atoms with E-state index in [1.54, 1.807) is 0 Å². The average molecular weight is 322 g/mol. The molecular weight excluding hydrogens is 286 g/mol. The molecule has 4 aliphatic carbocycles. The van der Waals surface area contributed by atoms with Gasteiger partial charge in [0.25, 0.3) is 0 Å². The van der Waals surface area contributed by atoms with Gasteiger partial charge in [0.1, 0.15) is 0 Å². The zero-order valence-corrected chi connectivity index (χ0v) is 14.7. The van der Waals surface area contributed by atoms with Crippen molar-refractivity contribution < 1.29 is 9.84 Å². The van der Waals surface area contributed by atoms with Crippen LogP contribution in [-0.2, 0) is 4.74 Å². The van der Waals surface area contributed by atoms with Crippen LogP contribution < -0.4 is 0 Å². The summed E-state index contributed by atoms with van der Waals surface area (Å²) in [5.74, 6) is 3.10. The van der Waals surface area contributed by atoms with E-state index in [0.29, 0.717) is 12.0 Å². The molecule has 0 amide bonds. The molecule has 4 bridgehead atoms. The highest BCUT2D eigenvalue weighted by Crippen LogP contribution is 2.61. The molecule has 0 aromatic carbocycles. The maximum atomic E-state index is 10.2. The Morgan fingerprint density at radius 3 is 2.17 bits per heavy atom. The number of nitrogens with zero attached hydrogens (tertiary/aromatic N) is 1. The van der Waals surface area contributed by atoms with E-state index >= 15 is 0 Å². The first-order valence-electron chi connectivity index (χ1n) is 10.2. The van der Waals surface area contributed by atoms with Gasteiger partial charge in [0.2, 0.25) is 0 Å². The summed E-state index contributed by atoms with van der Waals surface area (Å²) in [7, 11) is 0. The molecule has 4 saturated carbocycles. The summed E-state index contributed by atoms with van der Waals surface area (Å²) in [6.45, 7) is 4.51. The molecule has 3 nitrogen and oxygen atoms in total. The Morgan fingerprint density at radius 1 is 0.957 bits per heavy atom. The second-order valence-corrected chi connectivity index (χ2v) is 9.26. The number of hydrogen-bond acceptors (Lipinski definition) is 3. The number of β-amino-alcohol motifs (C(OH)–C–C–N with tert-alkyl or cyclic N) is 1. The van der Waals surface area contributed by atoms with Crippen LogP contribution in [0.2, 0.25) is 0 Å². The Morgan fingerprint density at radius 2 is 1.57 bits per heavy atom. The van der Waals surface area contributed by atoms with Gasteiger partial charge in [-0.05, 0) is 94.0 Å². The molecule has 23 heavy (non-hydrogen) atoms. The fourth-order valence-corrected chi connectivity index (χ4v) is 6.60. The van der Waals surface area contributed by atoms with Gasteiger partial charge in [-0.3, -0.25) is 0 Å². The van der Waals surface area contributed by atoms with Crippen LogP contribution in [0, 0.1) is 23.2 Å². The number of piperidine rings is 1. The minimum absolute atomic E-state index is 0.301. The minimum atomic E-state index is -0.301. The summed E-state index contributed by atoms with van der Waals surface area (Å²) in [5, 5.41) is 10.2. The molecule has 132 valence electrons. The van der Waals surface area contributed by atoms with Crippen molar-refractivity contribution in [2.24, 2.45) is 23.2 Å². The number of likely N-dealkylation sites (tertiary alicyclic amines) is 1. The molecule has 1 heterocycles. The maximum Gasteiger partial charge on any atom is 0.0900 e. The normalized spacial score (nSPS) is 41.3. The zero-order valence-electron chi connectivity index (χ0n) is 14.7. The summed E-state index contributed by atoms with van der Waals surface area (Å²) in [4.78, 5) is 2.40. The van der Waals surface area contributed by atoms with Crippen molar-refractivity contribution in [2.45, 2.75) is 70.3 Å². The van der Waals surface area contributed by atoms with Crippen molar-refractivity contribution in [1.82, 2.24) is 4.90 Å². The lowest BCUT2D eigenvalue weighted by atomic mass is 9.49. The predicted octanol–water partition coefficient (Wildman–Crippen LogP) is 3.46. The molecule has 1 aliphatic heterocycles. The first kappa shape index (κ1) is 16.4. The summed E-state index contributed by atoms with van der Waals surface area (Å²) < 4.78 is 5.90. The van der Waals surface area contributed by atoms with E-state index in [1.807, 2.05) is 0 Å². The van der Waals surface area contributed by atoms with Crippen molar-refractivity contribution >= 4 is 0 Å². The van der Waals surface area contributed by atoms with Crippen LogP contribution in [0.1, 0.15) is 64.2 Å². The molecule has 0 aromatic heterocycles. The number of aliphatic hydroxyl groups excluding tert-OH is 1. The van der Waals surface area contributed by atoms with Gasteiger partial charge in [-0.15, -0.1) is 0 Å². The highest BCUT2D eigenvalue weighted by atomic mass is 16.5. The quantitative estimate of drug-likeness (QED) is 0.729. The van der Waals surface area contributed by atoms with Gasteiger partial charge in [0.05, 0.1) is 12.7 Å². The molecule has 1 unspecified atom stereocenters. The molecule has 1 N–H and O–H groups in total. The van der Waals surface area contributed by atoms with Crippen LogP contribution in [0.4, 0.5) is 0 Å². The lowest BCUT2D eigenvalue weighted by Crippen LogP contribution is -2.46. The highest BCUT2D eigenvalue weighted by Gasteiger charge is 2.50. The molecule has 5 rings (SSSR count). The largest absolute Gasteiger partial charge is 0.389 e. The van der Waals surface area contributed by atoms with E-state index in [9.17, 15) is 5.11 Å². The average Bonchev–Trinajstić information content (AvgIpc) is 2.51. The molecular formula is C20H35NO2. The van der Waals surface area contributed by atoms with Crippen LogP contribution in [0.15, 0.2) is 0 Å². The number of rotatable bonds is 7. The SMILES string of the molecule is OC(COCCC12CC3CC(CC(C3)C1)C2)CN1CCCCC1. The number of aliphatic hydroxyl groups is 1. The second-order valence-electron chi connectivity index (χ2n) is 9.26. The monoisotopic (exact) mass is 321 g/mol. The van der Waals surface area contributed by atoms with E-state index in [4.69, 9.17) is 4.74 Å². The molecule has 1 atom stereocenters. The van der Waals surface area contributed by atoms with Crippen molar-refractivity contribution in [3.63, 3.8) is 0 Å². The van der Waals surface area contributed by atoms with Gasteiger partial charge in [0.15, 0.2) is 0 Å². The molecule has 5 fully saturated rings. The van der Waals surface area contributed by atoms with E-state index in [1.165, 1.54) is 64.2 Å². The van der Waals surface area contributed by atoms with Gasteiger partial charge in [0, 0.05) is 13.2 Å². The Labute approximate surface area is 141 Å². The Bertz CT molecular complexity index is 356. The summed E-state index contributed by atoms with van der Waals surface area (Å²) in [6, 6.07) is 0. The van der Waals surface area contributed by atoms with Crippen LogP contribution in [0.25, 0.3) is 0 Å². The van der Waals surface area contributed by atoms with Gasteiger partial charge in [-0.25, -0.2) is 0 Å². The van der Waals surface area contributed by atoms with Gasteiger partial charge < -0.3 is 14.7 Å². The van der Waals surface area contributed by atoms with Crippen molar-refractivity contribution in [3.05, 3.63) is 0 Å². The van der Waals surface area contributed by atoms with E-state index in [2.05, 4.69) is 4.90 Å². The third-order valence-corrected chi connectivity index (χ3v) is 7.17. The smallest absolute Gasteiger partial charge is 0.0900 e. The predicted molar refractivity (Wildman–Crippen MR) is 92.3 cm³/mol. The van der Waals surface area contributed by atoms with Gasteiger partial charge in [-0.2, -0.15) is 0 Å². The van der Waals surface area contributed by atoms with Crippen LogP contribution in [0.3, 0.4) is 0 Å². The molecule has 5 aliphatic rings. The van der Waals surface area contributed by atoms with Crippen molar-refractivity contribution in [1.29, 1.82) is 0 Å². The summed E-state index contributed by atoms with van der Waals surface area (Å²) >= 11 is 0. The van der Waals surface area contributed by atoms with Crippen molar-refractivity contribution in [3.8, 4) is 0 Å². The molecule has 0 spiro atoms. The van der Waals surface area contributed by atoms with Crippen LogP contribution in [0.5, 0.6) is 0 Å². The number of ether oxygens (including phenoxy) is 1. The third-order valence-electron chi connectivity index (χ3n) is 7.17. The van der Waals surface area contributed by atoms with E-state index in [-0.39, 0.29) is 6.10 Å². The van der Waals surface area contributed by atoms with Gasteiger partial charge in [-0.1, -0.05) is 6.42 Å². The van der Waals surface area contributed by atoms with Crippen LogP contribution >= 0.6 is 0 Å². The second kappa shape index (κ2) is 7.01. The standard InChI is InChI=1S/C20H35NO2/c22-19(14-21-5-2-1-3-6-21)15-23-7-4-20-11-16-8-17(12-20)10-18(9-16)13-20/h16-19,22H,1-15H2. The molecule has 0 radical (unpaired) electrons. The summed E-state index contributed by atoms with van der Waals surface area (Å²) in [5.41, 5.74) is 0.618. The fraction of sp³-hybridized carbons (Fsp3) is 1.00. The van der Waals surface area contributed by atoms with E-state index in [0.717, 1.165) is 44.0 Å². The van der Waals surface area contributed by atoms with Crippen LogP contribution in [-0.4, -0.2) is 49.0 Å². The van der Waals surface area contributed by atoms with Gasteiger partial charge >= 0.3 is 0 Å². The lowest BCUT2D eigenvalue weighted by Gasteiger charge is -2.57. The van der Waals surface area contributed by atoms with Crippen molar-refractivity contribution in [2.75, 3.05) is 32.8 Å². The Hall–Kier alpha value is -0.120. The Balaban J connectivity index is 1.16. The third kappa shape index (κ3) is 3.93. The minimum Gasteiger partial charge on any atom is -0.389 e.